The average molecular weight is 1090 g/mol. The van der Waals surface area contributed by atoms with Gasteiger partial charge in [-0.3, -0.25) is 23.4 Å². The van der Waals surface area contributed by atoms with Gasteiger partial charge in [-0.15, -0.1) is 0 Å². The predicted octanol–water partition coefficient (Wildman–Crippen LogP) is 4.62. The van der Waals surface area contributed by atoms with E-state index in [4.69, 9.17) is 33.1 Å². The summed E-state index contributed by atoms with van der Waals surface area (Å²) < 4.78 is 126. The molecule has 3 aromatic heterocycles. The number of anilines is 1. The largest absolute Gasteiger partial charge is 0.490 e. The predicted molar refractivity (Wildman–Crippen MR) is 237 cm³/mol. The molecular formula is C34H46F3N7O18P4S2. The first-order valence-corrected chi connectivity index (χ1v) is 27.6. The van der Waals surface area contributed by atoms with Gasteiger partial charge < -0.3 is 48.6 Å². The smallest absolute Gasteiger partial charge is 0.400 e. The Morgan fingerprint density at radius 3 is 2.38 bits per heavy atom. The Bertz CT molecular complexity index is 2570. The van der Waals surface area contributed by atoms with E-state index in [1.165, 1.54) is 17.1 Å². The van der Waals surface area contributed by atoms with Gasteiger partial charge in [-0.05, 0) is 24.7 Å². The molecule has 11 atom stereocenters. The van der Waals surface area contributed by atoms with Gasteiger partial charge in [0, 0.05) is 43.8 Å². The highest BCUT2D eigenvalue weighted by Crippen LogP contribution is 2.69. The van der Waals surface area contributed by atoms with Crippen molar-refractivity contribution in [3.05, 3.63) is 75.3 Å². The number of hydrogen-bond donors (Lipinski definition) is 6. The van der Waals surface area contributed by atoms with Crippen LogP contribution < -0.4 is 16.6 Å². The van der Waals surface area contributed by atoms with E-state index in [-0.39, 0.29) is 29.4 Å². The molecule has 34 heteroatoms. The average Bonchev–Trinajstić information content (AvgIpc) is 4.07. The molecule has 7 rings (SSSR count). The number of ether oxygens (including phenoxy) is 4. The number of nitrogens with one attached hydrogen (secondary N) is 2. The Morgan fingerprint density at radius 1 is 0.926 bits per heavy atom. The van der Waals surface area contributed by atoms with Crippen molar-refractivity contribution in [2.45, 2.75) is 80.2 Å². The van der Waals surface area contributed by atoms with Gasteiger partial charge in [-0.2, -0.15) is 33.6 Å². The van der Waals surface area contributed by atoms with Crippen LogP contribution in [0.25, 0.3) is 11.2 Å². The number of halogens is 3. The second-order valence-corrected chi connectivity index (χ2v) is 22.0. The molecule has 1 aromatic carbocycles. The highest BCUT2D eigenvalue weighted by Gasteiger charge is 2.54. The Morgan fingerprint density at radius 2 is 1.66 bits per heavy atom. The molecule has 3 aliphatic heterocycles. The first-order valence-electron chi connectivity index (χ1n) is 20.0. The van der Waals surface area contributed by atoms with E-state index in [0.29, 0.717) is 30.1 Å². The van der Waals surface area contributed by atoms with Gasteiger partial charge in [0.05, 0.1) is 32.1 Å². The van der Waals surface area contributed by atoms with Crippen molar-refractivity contribution in [1.29, 1.82) is 0 Å². The number of benzene rings is 1. The van der Waals surface area contributed by atoms with Crippen LogP contribution in [0.15, 0.2) is 63.7 Å². The van der Waals surface area contributed by atoms with Gasteiger partial charge in [0.15, 0.2) is 43.7 Å². The number of nitrogens with zero attached hydrogens (tertiary/aromatic N) is 5. The van der Waals surface area contributed by atoms with E-state index < -0.39 is 113 Å². The Labute approximate surface area is 393 Å². The molecule has 68 heavy (non-hydrogen) atoms. The molecule has 0 bridgehead atoms. The number of aliphatic hydroxyl groups is 1. The third-order valence-electron chi connectivity index (χ3n) is 9.58. The van der Waals surface area contributed by atoms with Crippen molar-refractivity contribution in [3.63, 3.8) is 0 Å². The summed E-state index contributed by atoms with van der Waals surface area (Å²) in [5.41, 5.74) is 0.0155. The highest BCUT2D eigenvalue weighted by atomic mass is 32.2. The lowest BCUT2D eigenvalue weighted by molar-refractivity contribution is -0.149. The van der Waals surface area contributed by atoms with Crippen LogP contribution in [0.4, 0.5) is 19.0 Å². The highest BCUT2D eigenvalue weighted by molar-refractivity contribution is 7.99. The van der Waals surface area contributed by atoms with Crippen LogP contribution in [-0.2, 0) is 61.0 Å². The molecule has 0 spiro atoms. The van der Waals surface area contributed by atoms with E-state index in [1.807, 2.05) is 36.6 Å². The molecule has 0 amide bonds. The number of H-pyrrole nitrogens is 1. The number of imidazole rings is 1. The molecule has 3 aliphatic rings. The summed E-state index contributed by atoms with van der Waals surface area (Å²) in [5, 5.41) is 10.2. The SMILES string of the molecule is CO.CSCCNc1nc(SCCC(F)(F)F)nc2c1ncn2C1CCC(COP(=O)(O)OP(=O)(O)OP(=O)(O)OPOCC2OC(n3ccc(=O)[nH]c3=O)[C@@H]3OC(Cc4ccccc4)OC23)O1. The minimum atomic E-state index is -5.87. The van der Waals surface area contributed by atoms with Gasteiger partial charge >= 0.3 is 35.3 Å². The summed E-state index contributed by atoms with van der Waals surface area (Å²) in [6.07, 6.45) is -6.37. The number of fused-ring (bicyclic) bond motifs is 2. The van der Waals surface area contributed by atoms with Crippen LogP contribution in [0.1, 0.15) is 37.3 Å². The van der Waals surface area contributed by atoms with E-state index >= 15 is 0 Å². The lowest BCUT2D eigenvalue weighted by atomic mass is 10.1. The van der Waals surface area contributed by atoms with Crippen molar-refractivity contribution < 1.29 is 87.6 Å². The fourth-order valence-corrected chi connectivity index (χ4v) is 12.2. The fraction of sp³-hybridized carbons (Fsp3) is 0.559. The number of phosphoric ester groups is 1. The molecule has 378 valence electrons. The number of hydrogen-bond acceptors (Lipinski definition) is 21. The zero-order chi connectivity index (χ0) is 49.3. The minimum Gasteiger partial charge on any atom is -0.400 e. The summed E-state index contributed by atoms with van der Waals surface area (Å²) in [6, 6.07) is 10.3. The van der Waals surface area contributed by atoms with Crippen molar-refractivity contribution in [1.82, 2.24) is 29.1 Å². The van der Waals surface area contributed by atoms with Gasteiger partial charge in [0.25, 0.3) is 5.56 Å². The van der Waals surface area contributed by atoms with Crippen molar-refractivity contribution >= 4 is 73.0 Å². The first kappa shape index (κ1) is 54.7. The molecule has 3 fully saturated rings. The summed E-state index contributed by atoms with van der Waals surface area (Å²) in [5.74, 6) is 0.679. The zero-order valence-electron chi connectivity index (χ0n) is 35.6. The number of thioether (sulfide) groups is 2. The fourth-order valence-electron chi connectivity index (χ4n) is 6.81. The topological polar surface area (TPSA) is 326 Å². The van der Waals surface area contributed by atoms with E-state index in [0.717, 1.165) is 35.1 Å². The zero-order valence-corrected chi connectivity index (χ0v) is 40.9. The molecule has 10 unspecified atom stereocenters. The number of aromatic nitrogens is 6. The summed E-state index contributed by atoms with van der Waals surface area (Å²) in [4.78, 5) is 70.1. The quantitative estimate of drug-likeness (QED) is 0.0255. The molecule has 0 aliphatic carbocycles. The van der Waals surface area contributed by atoms with Gasteiger partial charge in [-0.25, -0.2) is 37.8 Å². The number of phosphoric acid groups is 3. The number of aromatic amines is 1. The lowest BCUT2D eigenvalue weighted by Gasteiger charge is -2.21. The normalized spacial score (nSPS) is 25.5. The molecule has 3 saturated heterocycles. The van der Waals surface area contributed by atoms with Crippen LogP contribution in [0.3, 0.4) is 0 Å². The lowest BCUT2D eigenvalue weighted by Crippen LogP contribution is -2.36. The number of aliphatic hydroxyl groups excluding tert-OH is 1. The number of rotatable bonds is 23. The van der Waals surface area contributed by atoms with E-state index in [9.17, 15) is 51.1 Å². The molecule has 0 radical (unpaired) electrons. The van der Waals surface area contributed by atoms with Crippen molar-refractivity contribution in [3.8, 4) is 0 Å². The van der Waals surface area contributed by atoms with Crippen LogP contribution in [0.2, 0.25) is 0 Å². The van der Waals surface area contributed by atoms with Crippen molar-refractivity contribution in [2.24, 2.45) is 0 Å². The number of alkyl halides is 3. The third kappa shape index (κ3) is 15.4. The summed E-state index contributed by atoms with van der Waals surface area (Å²) in [6.45, 7) is -0.605. The maximum atomic E-state index is 12.8. The molecule has 25 nitrogen and oxygen atoms in total. The minimum absolute atomic E-state index is 0.0653. The maximum Gasteiger partial charge on any atom is 0.490 e. The standard InChI is InChI=1S/C33H42F3N7O17P4S2.CH4O/c1-65-14-11-37-28-25-29(41-31(40-28)66-13-10-33(34,35)36)43(18-38-25)23-8-7-20(54-23)16-53-62(46,47)59-64(50,51)60-63(48,49)58-61-52-17-21-26-27(30(55-21)42-12-9-22(44)39-32(42)45)57-24(56-26)15-19-5-3-2-4-6-19;1-2/h2-6,9,12,18,20-21,23-24,26-27,30,61H,7-8,10-11,13-17H2,1H3,(H,46,47)(H,48,49)(H,50,51)(H,37,40,41)(H,39,44,45);2H,1H3/t20?,21?,23?,24?,26?,27-,30?;/m1./s1. The summed E-state index contributed by atoms with van der Waals surface area (Å²) in [7, 11) is -17.3. The molecular weight excluding hydrogens is 1040 g/mol. The van der Waals surface area contributed by atoms with Gasteiger partial charge in [0.2, 0.25) is 0 Å². The summed E-state index contributed by atoms with van der Waals surface area (Å²) >= 11 is 2.37. The second-order valence-electron chi connectivity index (χ2n) is 14.4. The monoisotopic (exact) mass is 1090 g/mol. The van der Waals surface area contributed by atoms with Gasteiger partial charge in [-0.1, -0.05) is 42.1 Å². The Balaban J connectivity index is 0.00000376. The molecule has 0 saturated carbocycles. The van der Waals surface area contributed by atoms with E-state index in [1.54, 1.807) is 11.8 Å². The van der Waals surface area contributed by atoms with Crippen LogP contribution >= 0.6 is 56.0 Å². The van der Waals surface area contributed by atoms with Crippen LogP contribution in [-0.4, -0.2) is 130 Å². The Kier molecular flexibility index (Phi) is 19.4. The molecule has 6 N–H and O–H groups in total. The van der Waals surface area contributed by atoms with Crippen LogP contribution in [0, 0.1) is 0 Å². The first-order chi connectivity index (χ1) is 32.3. The maximum absolute atomic E-state index is 12.8. The second kappa shape index (κ2) is 24.2. The Hall–Kier alpha value is -2.66. The van der Waals surface area contributed by atoms with Gasteiger partial charge in [0.1, 0.15) is 24.5 Å². The van der Waals surface area contributed by atoms with E-state index in [2.05, 4.69) is 38.2 Å². The van der Waals surface area contributed by atoms with Crippen LogP contribution in [0.5, 0.6) is 0 Å². The van der Waals surface area contributed by atoms with Crippen molar-refractivity contribution in [2.75, 3.05) is 49.9 Å². The molecule has 6 heterocycles. The third-order valence-corrected chi connectivity index (χ3v) is 16.3. The molecule has 4 aromatic rings.